The summed E-state index contributed by atoms with van der Waals surface area (Å²) in [4.78, 5) is 16.2. The van der Waals surface area contributed by atoms with Crippen molar-refractivity contribution < 1.29 is 14.7 Å². The van der Waals surface area contributed by atoms with Gasteiger partial charge in [-0.25, -0.2) is 4.79 Å². The Labute approximate surface area is 86.0 Å². The van der Waals surface area contributed by atoms with Crippen molar-refractivity contribution in [3.63, 3.8) is 0 Å². The molecule has 0 aromatic rings. The van der Waals surface area contributed by atoms with E-state index in [4.69, 9.17) is 9.94 Å². The third-order valence-electron chi connectivity index (χ3n) is 2.36. The maximum atomic E-state index is 10.7. The van der Waals surface area contributed by atoms with Crippen LogP contribution in [0, 0.1) is 5.92 Å². The number of hydrogen-bond acceptors (Lipinski definition) is 5. The molecule has 0 spiro atoms. The first-order chi connectivity index (χ1) is 6.70. The Morgan fingerprint density at radius 2 is 2.64 bits per heavy atom. The van der Waals surface area contributed by atoms with Crippen LogP contribution in [0.15, 0.2) is 11.0 Å². The molecule has 1 saturated heterocycles. The Bertz CT molecular complexity index is 282. The average molecular weight is 216 g/mol. The zero-order valence-corrected chi connectivity index (χ0v) is 8.58. The second-order valence-corrected chi connectivity index (χ2v) is 4.43. The number of carboxylic acids is 1. The minimum atomic E-state index is -0.838. The summed E-state index contributed by atoms with van der Waals surface area (Å²) >= 11 is 1.38. The largest absolute Gasteiger partial charge is 0.477 e. The SMILES string of the molecule is CON1CNC2SC(C(=O)O)=CC2C1. The van der Waals surface area contributed by atoms with Crippen molar-refractivity contribution in [1.29, 1.82) is 0 Å². The highest BCUT2D eigenvalue weighted by molar-refractivity contribution is 8.04. The molecule has 2 aliphatic rings. The van der Waals surface area contributed by atoms with E-state index in [1.807, 2.05) is 0 Å². The average Bonchev–Trinajstić information content (AvgIpc) is 2.59. The van der Waals surface area contributed by atoms with Crippen LogP contribution >= 0.6 is 11.8 Å². The summed E-state index contributed by atoms with van der Waals surface area (Å²) in [6.45, 7) is 1.39. The van der Waals surface area contributed by atoms with E-state index in [2.05, 4.69) is 5.32 Å². The second-order valence-electron chi connectivity index (χ2n) is 3.25. The van der Waals surface area contributed by atoms with Crippen molar-refractivity contribution in [2.75, 3.05) is 20.3 Å². The molecular weight excluding hydrogens is 204 g/mol. The van der Waals surface area contributed by atoms with Crippen molar-refractivity contribution >= 4 is 17.7 Å². The predicted octanol–water partition coefficient (Wildman–Crippen LogP) is 0.0681. The van der Waals surface area contributed by atoms with Crippen LogP contribution < -0.4 is 5.32 Å². The highest BCUT2D eigenvalue weighted by Crippen LogP contribution is 2.36. The standard InChI is InChI=1S/C8H12N2O3S/c1-13-10-3-5-2-6(8(11)12)14-7(5)9-4-10/h2,5,7,9H,3-4H2,1H3,(H,11,12). The third-order valence-corrected chi connectivity index (χ3v) is 3.70. The van der Waals surface area contributed by atoms with E-state index in [9.17, 15) is 4.79 Å². The molecule has 2 unspecified atom stereocenters. The molecule has 14 heavy (non-hydrogen) atoms. The van der Waals surface area contributed by atoms with E-state index in [1.165, 1.54) is 11.8 Å². The molecular formula is C8H12N2O3S. The lowest BCUT2D eigenvalue weighted by molar-refractivity contribution is -0.154. The van der Waals surface area contributed by atoms with Crippen molar-refractivity contribution in [2.45, 2.75) is 5.37 Å². The van der Waals surface area contributed by atoms with Crippen LogP contribution in [0.2, 0.25) is 0 Å². The van der Waals surface area contributed by atoms with Crippen molar-refractivity contribution in [3.05, 3.63) is 11.0 Å². The van der Waals surface area contributed by atoms with Crippen LogP contribution in [-0.4, -0.2) is 41.8 Å². The van der Waals surface area contributed by atoms with E-state index >= 15 is 0 Å². The second kappa shape index (κ2) is 3.90. The number of carboxylic acid groups (broad SMARTS) is 1. The molecule has 0 saturated carbocycles. The van der Waals surface area contributed by atoms with Gasteiger partial charge in [-0.15, -0.1) is 0 Å². The quantitative estimate of drug-likeness (QED) is 0.681. The first kappa shape index (κ1) is 9.97. The van der Waals surface area contributed by atoms with Gasteiger partial charge >= 0.3 is 5.97 Å². The number of nitrogens with zero attached hydrogens (tertiary/aromatic N) is 1. The van der Waals surface area contributed by atoms with Gasteiger partial charge in [0.2, 0.25) is 0 Å². The first-order valence-electron chi connectivity index (χ1n) is 4.35. The molecule has 2 aliphatic heterocycles. The minimum Gasteiger partial charge on any atom is -0.477 e. The summed E-state index contributed by atoms with van der Waals surface area (Å²) < 4.78 is 0. The number of aliphatic carboxylic acids is 1. The molecule has 0 aromatic heterocycles. The molecule has 5 nitrogen and oxygen atoms in total. The van der Waals surface area contributed by atoms with Crippen LogP contribution in [0.1, 0.15) is 0 Å². The molecule has 2 N–H and O–H groups in total. The fraction of sp³-hybridized carbons (Fsp3) is 0.625. The highest BCUT2D eigenvalue weighted by atomic mass is 32.2. The predicted molar refractivity (Wildman–Crippen MR) is 52.3 cm³/mol. The van der Waals surface area contributed by atoms with Gasteiger partial charge in [0.25, 0.3) is 0 Å². The molecule has 2 rings (SSSR count). The molecule has 0 aliphatic carbocycles. The molecule has 0 amide bonds. The molecule has 2 atom stereocenters. The van der Waals surface area contributed by atoms with Gasteiger partial charge < -0.3 is 9.94 Å². The normalized spacial score (nSPS) is 32.5. The van der Waals surface area contributed by atoms with E-state index in [0.717, 1.165) is 6.54 Å². The summed E-state index contributed by atoms with van der Waals surface area (Å²) in [7, 11) is 1.62. The maximum Gasteiger partial charge on any atom is 0.341 e. The minimum absolute atomic E-state index is 0.187. The third kappa shape index (κ3) is 1.78. The van der Waals surface area contributed by atoms with Gasteiger partial charge in [-0.3, -0.25) is 5.32 Å². The van der Waals surface area contributed by atoms with Gasteiger partial charge in [0, 0.05) is 12.5 Å². The number of carbonyl (C=O) groups is 1. The first-order valence-corrected chi connectivity index (χ1v) is 5.23. The van der Waals surface area contributed by atoms with Gasteiger partial charge in [-0.05, 0) is 0 Å². The molecule has 0 bridgehead atoms. The van der Waals surface area contributed by atoms with Crippen LogP contribution in [0.5, 0.6) is 0 Å². The Kier molecular flexibility index (Phi) is 2.78. The molecule has 0 radical (unpaired) electrons. The van der Waals surface area contributed by atoms with E-state index < -0.39 is 5.97 Å². The summed E-state index contributed by atoms with van der Waals surface area (Å²) in [5.74, 6) is -0.616. The zero-order valence-electron chi connectivity index (χ0n) is 7.77. The number of nitrogens with one attached hydrogen (secondary N) is 1. The van der Waals surface area contributed by atoms with E-state index in [0.29, 0.717) is 11.6 Å². The number of hydrogen-bond donors (Lipinski definition) is 2. The summed E-state index contributed by atoms with van der Waals surface area (Å²) in [5.41, 5.74) is 0. The number of rotatable bonds is 2. The monoisotopic (exact) mass is 216 g/mol. The van der Waals surface area contributed by atoms with Crippen LogP contribution in [-0.2, 0) is 9.63 Å². The maximum absolute atomic E-state index is 10.7. The molecule has 2 heterocycles. The Balaban J connectivity index is 2.04. The molecule has 1 fully saturated rings. The summed E-state index contributed by atoms with van der Waals surface area (Å²) in [5, 5.41) is 14.0. The number of fused-ring (bicyclic) bond motifs is 1. The Hall–Kier alpha value is -0.560. The smallest absolute Gasteiger partial charge is 0.341 e. The van der Waals surface area contributed by atoms with Crippen LogP contribution in [0.25, 0.3) is 0 Å². The molecule has 0 aromatic carbocycles. The van der Waals surface area contributed by atoms with E-state index in [-0.39, 0.29) is 11.3 Å². The van der Waals surface area contributed by atoms with Gasteiger partial charge in [-0.1, -0.05) is 17.8 Å². The summed E-state index contributed by atoms with van der Waals surface area (Å²) in [6, 6.07) is 0. The lowest BCUT2D eigenvalue weighted by Gasteiger charge is -2.33. The van der Waals surface area contributed by atoms with Gasteiger partial charge in [0.05, 0.1) is 24.1 Å². The fourth-order valence-electron chi connectivity index (χ4n) is 1.64. The Morgan fingerprint density at radius 3 is 3.29 bits per heavy atom. The van der Waals surface area contributed by atoms with Crippen LogP contribution in [0.3, 0.4) is 0 Å². The molecule has 78 valence electrons. The van der Waals surface area contributed by atoms with Gasteiger partial charge in [-0.2, -0.15) is 5.06 Å². The van der Waals surface area contributed by atoms with Gasteiger partial charge in [0.1, 0.15) is 0 Å². The lowest BCUT2D eigenvalue weighted by atomic mass is 10.1. The number of hydroxylamine groups is 2. The van der Waals surface area contributed by atoms with Crippen LogP contribution in [0.4, 0.5) is 0 Å². The Morgan fingerprint density at radius 1 is 1.86 bits per heavy atom. The van der Waals surface area contributed by atoms with Gasteiger partial charge in [0.15, 0.2) is 0 Å². The zero-order chi connectivity index (χ0) is 10.1. The topological polar surface area (TPSA) is 61.8 Å². The van der Waals surface area contributed by atoms with Crippen molar-refractivity contribution in [3.8, 4) is 0 Å². The van der Waals surface area contributed by atoms with Crippen molar-refractivity contribution in [1.82, 2.24) is 10.4 Å². The van der Waals surface area contributed by atoms with E-state index in [1.54, 1.807) is 18.2 Å². The lowest BCUT2D eigenvalue weighted by Crippen LogP contribution is -2.49. The number of thioether (sulfide) groups is 1. The highest BCUT2D eigenvalue weighted by Gasteiger charge is 2.35. The fourth-order valence-corrected chi connectivity index (χ4v) is 2.76. The summed E-state index contributed by atoms with van der Waals surface area (Å²) in [6.07, 6.45) is 1.80. The van der Waals surface area contributed by atoms with Crippen molar-refractivity contribution in [2.24, 2.45) is 5.92 Å². The molecule has 6 heteroatoms.